The van der Waals surface area contributed by atoms with Crippen LogP contribution in [0.3, 0.4) is 0 Å². The predicted octanol–water partition coefficient (Wildman–Crippen LogP) is 1.18. The molecule has 0 aliphatic carbocycles. The minimum Gasteiger partial charge on any atom is -0.481 e. The maximum absolute atomic E-state index is 12.3. The zero-order valence-corrected chi connectivity index (χ0v) is 17.2. The summed E-state index contributed by atoms with van der Waals surface area (Å²) >= 11 is 0. The normalized spacial score (nSPS) is 26.4. The smallest absolute Gasteiger partial charge is 0.410 e. The van der Waals surface area contributed by atoms with Crippen LogP contribution in [0, 0.1) is 11.3 Å². The van der Waals surface area contributed by atoms with Gasteiger partial charge < -0.3 is 24.7 Å². The Morgan fingerprint density at radius 3 is 2.28 bits per heavy atom. The van der Waals surface area contributed by atoms with Crippen molar-refractivity contribution in [2.45, 2.75) is 45.1 Å². The lowest BCUT2D eigenvalue weighted by Crippen LogP contribution is -2.47. The van der Waals surface area contributed by atoms with Gasteiger partial charge in [0.2, 0.25) is 0 Å². The fraction of sp³-hybridized carbons (Fsp3) is 0.850. The quantitative estimate of drug-likeness (QED) is 0.613. The summed E-state index contributed by atoms with van der Waals surface area (Å²) in [4.78, 5) is 41.3. The van der Waals surface area contributed by atoms with Crippen molar-refractivity contribution >= 4 is 18.0 Å². The number of carboxylic acids is 2. The summed E-state index contributed by atoms with van der Waals surface area (Å²) in [5.74, 6) is -1.59. The first kappa shape index (κ1) is 21.8. The Labute approximate surface area is 171 Å². The maximum Gasteiger partial charge on any atom is 0.410 e. The van der Waals surface area contributed by atoms with Crippen LogP contribution in [0.15, 0.2) is 0 Å². The van der Waals surface area contributed by atoms with Crippen LogP contribution >= 0.6 is 0 Å². The Morgan fingerprint density at radius 1 is 1.07 bits per heavy atom. The van der Waals surface area contributed by atoms with Crippen LogP contribution in [0.2, 0.25) is 0 Å². The molecule has 0 aromatic carbocycles. The van der Waals surface area contributed by atoms with E-state index in [1.165, 1.54) is 0 Å². The minimum absolute atomic E-state index is 0.213. The van der Waals surface area contributed by atoms with Gasteiger partial charge in [0, 0.05) is 13.1 Å². The third-order valence-corrected chi connectivity index (χ3v) is 6.80. The minimum atomic E-state index is -1.19. The third-order valence-electron chi connectivity index (χ3n) is 6.80. The molecule has 3 heterocycles. The molecule has 3 saturated heterocycles. The molecule has 0 spiro atoms. The van der Waals surface area contributed by atoms with Crippen molar-refractivity contribution in [2.75, 3.05) is 52.4 Å². The van der Waals surface area contributed by atoms with Crippen LogP contribution in [0.5, 0.6) is 0 Å². The van der Waals surface area contributed by atoms with Crippen LogP contribution in [0.4, 0.5) is 4.79 Å². The number of cyclic esters (lactones) is 1. The summed E-state index contributed by atoms with van der Waals surface area (Å²) in [7, 11) is 0. The van der Waals surface area contributed by atoms with E-state index in [4.69, 9.17) is 9.84 Å². The van der Waals surface area contributed by atoms with Gasteiger partial charge in [-0.15, -0.1) is 0 Å². The van der Waals surface area contributed by atoms with Crippen LogP contribution in [0.1, 0.15) is 39.0 Å². The molecule has 0 radical (unpaired) electrons. The number of carboxylic acid groups (broad SMARTS) is 2. The average Bonchev–Trinajstić information content (AvgIpc) is 3.02. The number of hydrogen-bond acceptors (Lipinski definition) is 6. The summed E-state index contributed by atoms with van der Waals surface area (Å²) in [6, 6.07) is 0. The monoisotopic (exact) mass is 411 g/mol. The fourth-order valence-electron chi connectivity index (χ4n) is 4.82. The Bertz CT molecular complexity index is 611. The van der Waals surface area contributed by atoms with Gasteiger partial charge in [0.05, 0.1) is 18.4 Å². The molecule has 9 heteroatoms. The van der Waals surface area contributed by atoms with Gasteiger partial charge in [-0.05, 0) is 64.3 Å². The summed E-state index contributed by atoms with van der Waals surface area (Å²) in [5.41, 5.74) is -1.19. The lowest BCUT2D eigenvalue weighted by atomic mass is 9.75. The van der Waals surface area contributed by atoms with Crippen LogP contribution < -0.4 is 0 Å². The molecule has 3 aliphatic heterocycles. The maximum atomic E-state index is 12.3. The van der Waals surface area contributed by atoms with E-state index < -0.39 is 17.4 Å². The zero-order valence-electron chi connectivity index (χ0n) is 17.2. The lowest BCUT2D eigenvalue weighted by molar-refractivity contribution is -0.159. The number of hydrogen-bond donors (Lipinski definition) is 2. The van der Waals surface area contributed by atoms with E-state index in [0.29, 0.717) is 44.9 Å². The highest BCUT2D eigenvalue weighted by atomic mass is 16.6. The number of likely N-dealkylation sites (tertiary alicyclic amines) is 2. The summed E-state index contributed by atoms with van der Waals surface area (Å²) in [6.07, 6.45) is 2.00. The Morgan fingerprint density at radius 2 is 1.72 bits per heavy atom. The molecule has 3 rings (SSSR count). The molecule has 2 N–H and O–H groups in total. The summed E-state index contributed by atoms with van der Waals surface area (Å²) < 4.78 is 5.55. The third kappa shape index (κ3) is 5.39. The van der Waals surface area contributed by atoms with Gasteiger partial charge in [-0.2, -0.15) is 0 Å². The molecule has 3 fully saturated rings. The Kier molecular flexibility index (Phi) is 7.00. The van der Waals surface area contributed by atoms with E-state index in [0.717, 1.165) is 39.0 Å². The highest BCUT2D eigenvalue weighted by molar-refractivity contribution is 5.81. The van der Waals surface area contributed by atoms with Crippen molar-refractivity contribution in [3.8, 4) is 0 Å². The van der Waals surface area contributed by atoms with Gasteiger partial charge >= 0.3 is 18.0 Å². The van der Waals surface area contributed by atoms with Crippen molar-refractivity contribution in [3.05, 3.63) is 0 Å². The Hall–Kier alpha value is -1.87. The molecule has 1 atom stereocenters. The SMILES string of the molecule is CCN1CCC(CN2CC(CN3CCC(CC(=O)O)(C(=O)O)CC3)OC2=O)CC1. The second-order valence-electron chi connectivity index (χ2n) is 8.74. The van der Waals surface area contributed by atoms with E-state index in [9.17, 15) is 19.5 Å². The van der Waals surface area contributed by atoms with Crippen molar-refractivity contribution in [1.82, 2.24) is 14.7 Å². The van der Waals surface area contributed by atoms with E-state index in [-0.39, 0.29) is 18.6 Å². The van der Waals surface area contributed by atoms with E-state index in [1.807, 2.05) is 4.90 Å². The van der Waals surface area contributed by atoms with Gasteiger partial charge in [0.25, 0.3) is 0 Å². The number of aliphatic carboxylic acids is 2. The number of nitrogens with zero attached hydrogens (tertiary/aromatic N) is 3. The van der Waals surface area contributed by atoms with E-state index in [1.54, 1.807) is 0 Å². The molecule has 0 bridgehead atoms. The van der Waals surface area contributed by atoms with Gasteiger partial charge in [0.1, 0.15) is 6.10 Å². The molecule has 164 valence electrons. The topological polar surface area (TPSA) is 111 Å². The van der Waals surface area contributed by atoms with Gasteiger partial charge in [-0.1, -0.05) is 6.92 Å². The number of ether oxygens (including phenoxy) is 1. The standard InChI is InChI=1S/C20H33N3O6/c1-2-21-7-3-15(4-8-21)12-23-14-16(29-19(23)28)13-22-9-5-20(6-10-22,18(26)27)11-17(24)25/h15-16H,2-14H2,1H3,(H,24,25)(H,26,27). The predicted molar refractivity (Wildman–Crippen MR) is 105 cm³/mol. The molecule has 29 heavy (non-hydrogen) atoms. The Balaban J connectivity index is 1.44. The average molecular weight is 411 g/mol. The number of carbonyl (C=O) groups is 3. The van der Waals surface area contributed by atoms with Crippen LogP contribution in [0.25, 0.3) is 0 Å². The lowest BCUT2D eigenvalue weighted by Gasteiger charge is -2.38. The molecule has 0 saturated carbocycles. The highest BCUT2D eigenvalue weighted by Gasteiger charge is 2.44. The fourth-order valence-corrected chi connectivity index (χ4v) is 4.82. The highest BCUT2D eigenvalue weighted by Crippen LogP contribution is 2.35. The van der Waals surface area contributed by atoms with Crippen molar-refractivity contribution in [3.63, 3.8) is 0 Å². The molecule has 3 aliphatic rings. The second-order valence-corrected chi connectivity index (χ2v) is 8.74. The zero-order chi connectivity index (χ0) is 21.0. The van der Waals surface area contributed by atoms with E-state index in [2.05, 4.69) is 16.7 Å². The number of piperidine rings is 2. The first-order valence-electron chi connectivity index (χ1n) is 10.7. The van der Waals surface area contributed by atoms with Gasteiger partial charge in [-0.3, -0.25) is 14.5 Å². The number of amides is 1. The largest absolute Gasteiger partial charge is 0.481 e. The molecular formula is C20H33N3O6. The van der Waals surface area contributed by atoms with E-state index >= 15 is 0 Å². The molecule has 1 amide bonds. The molecule has 1 unspecified atom stereocenters. The molecule has 0 aromatic rings. The van der Waals surface area contributed by atoms with Crippen LogP contribution in [-0.2, 0) is 14.3 Å². The molecular weight excluding hydrogens is 378 g/mol. The van der Waals surface area contributed by atoms with Crippen molar-refractivity contribution in [2.24, 2.45) is 11.3 Å². The van der Waals surface area contributed by atoms with Gasteiger partial charge in [0.15, 0.2) is 0 Å². The molecule has 0 aromatic heterocycles. The number of rotatable bonds is 8. The van der Waals surface area contributed by atoms with Crippen molar-refractivity contribution < 1.29 is 29.3 Å². The van der Waals surface area contributed by atoms with Crippen LogP contribution in [-0.4, -0.2) is 101 Å². The number of carbonyl (C=O) groups excluding carboxylic acids is 1. The summed E-state index contributed by atoms with van der Waals surface area (Å²) in [5, 5.41) is 18.6. The van der Waals surface area contributed by atoms with Crippen molar-refractivity contribution in [1.29, 1.82) is 0 Å². The first-order chi connectivity index (χ1) is 13.8. The molecule has 9 nitrogen and oxygen atoms in total. The summed E-state index contributed by atoms with van der Waals surface area (Å²) in [6.45, 7) is 8.31. The van der Waals surface area contributed by atoms with Gasteiger partial charge in [-0.25, -0.2) is 4.79 Å². The second kappa shape index (κ2) is 9.30. The first-order valence-corrected chi connectivity index (χ1v) is 10.7.